The second-order valence-electron chi connectivity index (χ2n) is 11.6. The van der Waals surface area contributed by atoms with Crippen molar-refractivity contribution in [3.63, 3.8) is 0 Å². The van der Waals surface area contributed by atoms with E-state index in [0.717, 1.165) is 12.8 Å². The maximum absolute atomic E-state index is 14.7. The fraction of sp³-hybridized carbons (Fsp3) is 0.419. The van der Waals surface area contributed by atoms with Gasteiger partial charge in [0.1, 0.15) is 11.9 Å². The zero-order chi connectivity index (χ0) is 29.4. The lowest BCUT2D eigenvalue weighted by Gasteiger charge is -2.42. The third kappa shape index (κ3) is 6.14. The van der Waals surface area contributed by atoms with Gasteiger partial charge in [-0.05, 0) is 81.1 Å². The molecule has 2 aromatic carbocycles. The molecule has 0 saturated carbocycles. The van der Waals surface area contributed by atoms with Gasteiger partial charge in [-0.25, -0.2) is 8.78 Å². The van der Waals surface area contributed by atoms with E-state index >= 15 is 0 Å². The number of carbonyl (C=O) groups excluding carboxylic acids is 1. The van der Waals surface area contributed by atoms with Crippen molar-refractivity contribution >= 4 is 29.2 Å². The smallest absolute Gasteiger partial charge is 0.263 e. The Kier molecular flexibility index (Phi) is 8.44. The molecule has 41 heavy (non-hydrogen) atoms. The van der Waals surface area contributed by atoms with E-state index in [1.165, 1.54) is 42.7 Å². The Balaban J connectivity index is 1.42. The van der Waals surface area contributed by atoms with E-state index in [2.05, 4.69) is 25.5 Å². The third-order valence-electron chi connectivity index (χ3n) is 7.72. The maximum Gasteiger partial charge on any atom is 0.263 e. The lowest BCUT2D eigenvalue weighted by molar-refractivity contribution is 0.0508. The molecular formula is C31H33F2N3O3S2. The van der Waals surface area contributed by atoms with Crippen molar-refractivity contribution in [2.45, 2.75) is 44.4 Å². The zero-order valence-electron chi connectivity index (χ0n) is 23.6. The van der Waals surface area contributed by atoms with Crippen molar-refractivity contribution < 1.29 is 23.0 Å². The average Bonchev–Trinajstić information content (AvgIpc) is 3.56. The number of rotatable bonds is 6. The molecule has 3 aromatic rings. The zero-order valence-corrected chi connectivity index (χ0v) is 25.2. The largest absolute Gasteiger partial charge is 0.494 e. The molecular weight excluding hydrogens is 564 g/mol. The number of piperidine rings is 1. The molecule has 0 bridgehead atoms. The maximum atomic E-state index is 14.7. The van der Waals surface area contributed by atoms with Gasteiger partial charge in [0.2, 0.25) is 0 Å². The van der Waals surface area contributed by atoms with Gasteiger partial charge in [0.15, 0.2) is 11.6 Å². The minimum atomic E-state index is -0.649. The van der Waals surface area contributed by atoms with Crippen LogP contribution in [0.25, 0.3) is 21.6 Å². The van der Waals surface area contributed by atoms with Gasteiger partial charge in [-0.3, -0.25) is 9.52 Å². The standard InChI is InChI=1S/C31H33F2N3O3S2/c1-30(2,3)41-35-27-17-39-18-31(27)9-11-36(12-10-31)29(37)26-15-22(19-5-6-21(16-34)23(32)13-19)28(40-26)20-7-8-25(38-4)24(33)14-20/h5-8,13-15,27,35H,9-12,17-18H2,1-4H3. The van der Waals surface area contributed by atoms with Crippen molar-refractivity contribution in [2.75, 3.05) is 33.4 Å². The highest BCUT2D eigenvalue weighted by Gasteiger charge is 2.47. The van der Waals surface area contributed by atoms with E-state index in [9.17, 15) is 13.6 Å². The first kappa shape index (κ1) is 29.5. The number of amides is 1. The summed E-state index contributed by atoms with van der Waals surface area (Å²) >= 11 is 2.98. The van der Waals surface area contributed by atoms with Gasteiger partial charge in [-0.1, -0.05) is 18.0 Å². The number of benzene rings is 2. The minimum Gasteiger partial charge on any atom is -0.494 e. The predicted molar refractivity (Wildman–Crippen MR) is 159 cm³/mol. The highest BCUT2D eigenvalue weighted by Crippen LogP contribution is 2.44. The van der Waals surface area contributed by atoms with Gasteiger partial charge < -0.3 is 14.4 Å². The van der Waals surface area contributed by atoms with Crippen molar-refractivity contribution in [1.29, 1.82) is 5.26 Å². The summed E-state index contributed by atoms with van der Waals surface area (Å²) in [6.45, 7) is 9.06. The van der Waals surface area contributed by atoms with E-state index in [0.29, 0.717) is 52.7 Å². The van der Waals surface area contributed by atoms with Crippen LogP contribution in [0.5, 0.6) is 5.75 Å². The summed E-state index contributed by atoms with van der Waals surface area (Å²) in [5.41, 5.74) is 1.59. The van der Waals surface area contributed by atoms with Crippen LogP contribution in [0.4, 0.5) is 8.78 Å². The molecule has 3 heterocycles. The number of hydrogen-bond donors (Lipinski definition) is 1. The van der Waals surface area contributed by atoms with Crippen molar-refractivity contribution in [1.82, 2.24) is 9.62 Å². The number of nitrogens with one attached hydrogen (secondary N) is 1. The van der Waals surface area contributed by atoms with Gasteiger partial charge in [-0.15, -0.1) is 11.3 Å². The number of halogens is 2. The lowest BCUT2D eigenvalue weighted by Crippen LogP contribution is -2.51. The monoisotopic (exact) mass is 597 g/mol. The number of likely N-dealkylation sites (tertiary alicyclic amines) is 1. The molecule has 1 amide bonds. The van der Waals surface area contributed by atoms with Gasteiger partial charge in [0, 0.05) is 39.7 Å². The summed E-state index contributed by atoms with van der Waals surface area (Å²) in [6.07, 6.45) is 1.66. The first-order valence-corrected chi connectivity index (χ1v) is 15.2. The summed E-state index contributed by atoms with van der Waals surface area (Å²) < 4.78 is 44.0. The Morgan fingerprint density at radius 2 is 1.85 bits per heavy atom. The molecule has 1 atom stereocenters. The first-order valence-electron chi connectivity index (χ1n) is 13.5. The Bertz CT molecular complexity index is 1490. The normalized spacial score (nSPS) is 18.5. The van der Waals surface area contributed by atoms with E-state index in [-0.39, 0.29) is 33.4 Å². The van der Waals surface area contributed by atoms with Crippen LogP contribution in [-0.4, -0.2) is 55.0 Å². The number of nitrogens with zero attached hydrogens (tertiary/aromatic N) is 2. The number of nitriles is 1. The van der Waals surface area contributed by atoms with Gasteiger partial charge >= 0.3 is 0 Å². The molecule has 2 aliphatic heterocycles. The lowest BCUT2D eigenvalue weighted by atomic mass is 9.75. The van der Waals surface area contributed by atoms with E-state index in [4.69, 9.17) is 14.7 Å². The predicted octanol–water partition coefficient (Wildman–Crippen LogP) is 6.90. The third-order valence-corrected chi connectivity index (χ3v) is 9.91. The van der Waals surface area contributed by atoms with Gasteiger partial charge in [0.05, 0.1) is 30.8 Å². The number of thiophene rings is 1. The molecule has 2 fully saturated rings. The fourth-order valence-electron chi connectivity index (χ4n) is 5.37. The highest BCUT2D eigenvalue weighted by atomic mass is 32.2. The molecule has 1 spiro atoms. The van der Waals surface area contributed by atoms with Crippen LogP contribution in [0.2, 0.25) is 0 Å². The quantitative estimate of drug-likeness (QED) is 0.312. The summed E-state index contributed by atoms with van der Waals surface area (Å²) in [6, 6.07) is 12.8. The summed E-state index contributed by atoms with van der Waals surface area (Å²) in [5, 5.41) is 9.17. The molecule has 0 radical (unpaired) electrons. The van der Waals surface area contributed by atoms with Crippen LogP contribution >= 0.6 is 23.3 Å². The average molecular weight is 598 g/mol. The molecule has 2 saturated heterocycles. The molecule has 1 unspecified atom stereocenters. The Labute approximate surface area is 247 Å². The summed E-state index contributed by atoms with van der Waals surface area (Å²) in [5.74, 6) is -1.17. The summed E-state index contributed by atoms with van der Waals surface area (Å²) in [4.78, 5) is 16.8. The molecule has 5 rings (SSSR count). The topological polar surface area (TPSA) is 74.6 Å². The highest BCUT2D eigenvalue weighted by molar-refractivity contribution is 7.98. The number of carbonyl (C=O) groups is 1. The van der Waals surface area contributed by atoms with Gasteiger partial charge in [-0.2, -0.15) is 5.26 Å². The molecule has 10 heteroatoms. The van der Waals surface area contributed by atoms with Crippen LogP contribution in [0.15, 0.2) is 42.5 Å². The van der Waals surface area contributed by atoms with Crippen LogP contribution in [0, 0.1) is 28.4 Å². The Hall–Kier alpha value is -2.97. The van der Waals surface area contributed by atoms with Crippen LogP contribution in [0.1, 0.15) is 48.8 Å². The molecule has 2 aliphatic rings. The fourth-order valence-corrected chi connectivity index (χ4v) is 7.33. The number of hydrogen-bond acceptors (Lipinski definition) is 7. The number of ether oxygens (including phenoxy) is 2. The van der Waals surface area contributed by atoms with Crippen LogP contribution < -0.4 is 9.46 Å². The Morgan fingerprint density at radius 3 is 2.49 bits per heavy atom. The van der Waals surface area contributed by atoms with Crippen LogP contribution in [-0.2, 0) is 4.74 Å². The molecule has 216 valence electrons. The van der Waals surface area contributed by atoms with Crippen molar-refractivity contribution in [3.8, 4) is 33.4 Å². The molecule has 1 aromatic heterocycles. The summed E-state index contributed by atoms with van der Waals surface area (Å²) in [7, 11) is 1.40. The van der Waals surface area contributed by atoms with E-state index in [1.807, 2.05) is 11.0 Å². The van der Waals surface area contributed by atoms with E-state index < -0.39 is 11.6 Å². The number of methoxy groups -OCH3 is 1. The second-order valence-corrected chi connectivity index (χ2v) is 14.3. The van der Waals surface area contributed by atoms with E-state index in [1.54, 1.807) is 30.1 Å². The SMILES string of the molecule is COc1ccc(-c2sc(C(=O)N3CCC4(CC3)COCC4NSC(C)(C)C)cc2-c2ccc(C#N)c(F)c2)cc1F. The van der Waals surface area contributed by atoms with Crippen LogP contribution in [0.3, 0.4) is 0 Å². The van der Waals surface area contributed by atoms with Crippen molar-refractivity contribution in [3.05, 3.63) is 64.5 Å². The molecule has 0 aliphatic carbocycles. The Morgan fingerprint density at radius 1 is 1.15 bits per heavy atom. The molecule has 1 N–H and O–H groups in total. The van der Waals surface area contributed by atoms with Gasteiger partial charge in [0.25, 0.3) is 5.91 Å². The first-order chi connectivity index (χ1) is 19.5. The second kappa shape index (κ2) is 11.7. The minimum absolute atomic E-state index is 0.0125. The molecule has 6 nitrogen and oxygen atoms in total. The van der Waals surface area contributed by atoms with Crippen molar-refractivity contribution in [2.24, 2.45) is 5.41 Å².